The van der Waals surface area contributed by atoms with E-state index in [4.69, 9.17) is 9.47 Å². The molecule has 0 saturated heterocycles. The highest BCUT2D eigenvalue weighted by molar-refractivity contribution is 5.91. The molecule has 1 aromatic carbocycles. The molecule has 1 saturated carbocycles. The Balaban J connectivity index is 2.09. The number of anilines is 1. The molecule has 0 bridgehead atoms. The minimum Gasteiger partial charge on any atom is -0.489 e. The molecule has 1 aliphatic rings. The largest absolute Gasteiger partial charge is 0.489 e. The first-order chi connectivity index (χ1) is 12.3. The normalized spacial score (nSPS) is 15.5. The molecule has 7 heteroatoms. The van der Waals surface area contributed by atoms with Gasteiger partial charge in [-0.2, -0.15) is 5.26 Å². The van der Waals surface area contributed by atoms with Crippen molar-refractivity contribution in [2.24, 2.45) is 5.92 Å². The van der Waals surface area contributed by atoms with E-state index in [1.807, 2.05) is 13.8 Å². The van der Waals surface area contributed by atoms with Crippen LogP contribution < -0.4 is 15.4 Å². The molecule has 1 amide bonds. The molecule has 2 N–H and O–H groups in total. The van der Waals surface area contributed by atoms with Crippen LogP contribution in [0.5, 0.6) is 5.75 Å². The fourth-order valence-corrected chi connectivity index (χ4v) is 2.66. The van der Waals surface area contributed by atoms with Crippen LogP contribution in [-0.4, -0.2) is 37.2 Å². The van der Waals surface area contributed by atoms with Crippen LogP contribution in [0.2, 0.25) is 0 Å². The van der Waals surface area contributed by atoms with Gasteiger partial charge in [0.25, 0.3) is 0 Å². The lowest BCUT2D eigenvalue weighted by Crippen LogP contribution is -2.48. The summed E-state index contributed by atoms with van der Waals surface area (Å²) in [5.74, 6) is -0.0241. The van der Waals surface area contributed by atoms with Gasteiger partial charge >= 0.3 is 5.97 Å². The second-order valence-corrected chi connectivity index (χ2v) is 6.86. The van der Waals surface area contributed by atoms with Crippen LogP contribution in [-0.2, 0) is 9.53 Å². The average Bonchev–Trinajstić information content (AvgIpc) is 3.45. The van der Waals surface area contributed by atoms with Gasteiger partial charge in [0.2, 0.25) is 5.91 Å². The van der Waals surface area contributed by atoms with Crippen LogP contribution in [0, 0.1) is 17.2 Å². The Bertz CT molecular complexity index is 722. The van der Waals surface area contributed by atoms with Gasteiger partial charge in [-0.1, -0.05) is 0 Å². The highest BCUT2D eigenvalue weighted by Gasteiger charge is 2.42. The van der Waals surface area contributed by atoms with E-state index in [0.29, 0.717) is 17.0 Å². The zero-order valence-electron chi connectivity index (χ0n) is 15.6. The van der Waals surface area contributed by atoms with Crippen LogP contribution in [0.15, 0.2) is 18.2 Å². The van der Waals surface area contributed by atoms with Gasteiger partial charge in [-0.25, -0.2) is 4.79 Å². The van der Waals surface area contributed by atoms with E-state index < -0.39 is 11.5 Å². The van der Waals surface area contributed by atoms with E-state index in [1.54, 1.807) is 25.1 Å². The zero-order valence-corrected chi connectivity index (χ0v) is 15.6. The second kappa shape index (κ2) is 8.09. The van der Waals surface area contributed by atoms with Crippen LogP contribution in [0.4, 0.5) is 5.69 Å². The third kappa shape index (κ3) is 4.88. The summed E-state index contributed by atoms with van der Waals surface area (Å²) in [7, 11) is 1.31. The summed E-state index contributed by atoms with van der Waals surface area (Å²) in [6, 6.07) is 7.05. The van der Waals surface area contributed by atoms with Gasteiger partial charge in [0.1, 0.15) is 11.3 Å². The van der Waals surface area contributed by atoms with Crippen LogP contribution in [0.3, 0.4) is 0 Å². The van der Waals surface area contributed by atoms with Crippen molar-refractivity contribution in [1.29, 1.82) is 5.26 Å². The number of carbonyl (C=O) groups excluding carboxylic acids is 2. The second-order valence-electron chi connectivity index (χ2n) is 6.86. The number of methoxy groups -OCH3 is 1. The van der Waals surface area contributed by atoms with E-state index >= 15 is 0 Å². The van der Waals surface area contributed by atoms with Crippen molar-refractivity contribution in [1.82, 2.24) is 5.32 Å². The Hall–Kier alpha value is -2.75. The summed E-state index contributed by atoms with van der Waals surface area (Å²) in [5.41, 5.74) is 0.0253. The predicted molar refractivity (Wildman–Crippen MR) is 96.9 cm³/mol. The molecule has 1 aromatic rings. The van der Waals surface area contributed by atoms with Gasteiger partial charge in [-0.05, 0) is 57.7 Å². The van der Waals surface area contributed by atoms with Gasteiger partial charge in [0.05, 0.1) is 37.1 Å². The summed E-state index contributed by atoms with van der Waals surface area (Å²) in [6.07, 6.45) is 1.83. The Morgan fingerprint density at radius 1 is 1.38 bits per heavy atom. The standard InChI is InChI=1S/C19H25N3O4/c1-12(2)26-16-8-5-13(18(24)25-4)9-15(16)21-10-17(23)22-19(3,11-20)14-6-7-14/h5,8-9,12,14,21H,6-7,10H2,1-4H3,(H,22,23)/t19-/m0/s1. The predicted octanol–water partition coefficient (Wildman–Crippen LogP) is 2.48. The van der Waals surface area contributed by atoms with Gasteiger partial charge in [-0.15, -0.1) is 0 Å². The fourth-order valence-electron chi connectivity index (χ4n) is 2.66. The van der Waals surface area contributed by atoms with E-state index in [2.05, 4.69) is 16.7 Å². The quantitative estimate of drug-likeness (QED) is 0.692. The van der Waals surface area contributed by atoms with Gasteiger partial charge in [-0.3, -0.25) is 4.79 Å². The molecule has 0 unspecified atom stereocenters. The summed E-state index contributed by atoms with van der Waals surface area (Å²) in [5, 5.41) is 15.1. The molecule has 140 valence electrons. The molecule has 26 heavy (non-hydrogen) atoms. The van der Waals surface area contributed by atoms with E-state index in [-0.39, 0.29) is 24.5 Å². The number of nitrogens with zero attached hydrogens (tertiary/aromatic N) is 1. The van der Waals surface area contributed by atoms with Crippen LogP contribution >= 0.6 is 0 Å². The number of hydrogen-bond acceptors (Lipinski definition) is 6. The Morgan fingerprint density at radius 3 is 2.62 bits per heavy atom. The Labute approximate surface area is 153 Å². The first-order valence-electron chi connectivity index (χ1n) is 8.64. The number of benzene rings is 1. The number of carbonyl (C=O) groups is 2. The summed E-state index contributed by atoms with van der Waals surface area (Å²) in [6.45, 7) is 5.48. The maximum Gasteiger partial charge on any atom is 0.337 e. The number of hydrogen-bond donors (Lipinski definition) is 2. The van der Waals surface area contributed by atoms with Crippen molar-refractivity contribution in [3.63, 3.8) is 0 Å². The summed E-state index contributed by atoms with van der Waals surface area (Å²) < 4.78 is 10.4. The topological polar surface area (TPSA) is 100 Å². The molecule has 0 radical (unpaired) electrons. The van der Waals surface area contributed by atoms with E-state index in [9.17, 15) is 14.9 Å². The summed E-state index contributed by atoms with van der Waals surface area (Å²) in [4.78, 5) is 24.0. The lowest BCUT2D eigenvalue weighted by atomic mass is 9.98. The number of rotatable bonds is 8. The number of ether oxygens (including phenoxy) is 2. The molecule has 1 aliphatic carbocycles. The molecule has 0 spiro atoms. The number of nitrogens with one attached hydrogen (secondary N) is 2. The Morgan fingerprint density at radius 2 is 2.08 bits per heavy atom. The highest BCUT2D eigenvalue weighted by atomic mass is 16.5. The lowest BCUT2D eigenvalue weighted by molar-refractivity contribution is -0.120. The molecule has 7 nitrogen and oxygen atoms in total. The van der Waals surface area contributed by atoms with Crippen molar-refractivity contribution in [2.45, 2.75) is 45.3 Å². The van der Waals surface area contributed by atoms with Crippen LogP contribution in [0.25, 0.3) is 0 Å². The third-order valence-electron chi connectivity index (χ3n) is 4.23. The minimum absolute atomic E-state index is 0.0386. The van der Waals surface area contributed by atoms with Crippen molar-refractivity contribution >= 4 is 17.6 Å². The molecule has 1 fully saturated rings. The molecule has 1 atom stereocenters. The first-order valence-corrected chi connectivity index (χ1v) is 8.64. The molecule has 0 aliphatic heterocycles. The van der Waals surface area contributed by atoms with E-state index in [0.717, 1.165) is 12.8 Å². The van der Waals surface area contributed by atoms with E-state index in [1.165, 1.54) is 7.11 Å². The van der Waals surface area contributed by atoms with Crippen molar-refractivity contribution in [2.75, 3.05) is 19.0 Å². The summed E-state index contributed by atoms with van der Waals surface area (Å²) >= 11 is 0. The SMILES string of the molecule is COC(=O)c1ccc(OC(C)C)c(NCC(=O)N[C@@](C)(C#N)C2CC2)c1. The minimum atomic E-state index is -0.843. The molecular weight excluding hydrogens is 334 g/mol. The fraction of sp³-hybridized carbons (Fsp3) is 0.526. The van der Waals surface area contributed by atoms with Gasteiger partial charge < -0.3 is 20.1 Å². The molecule has 0 heterocycles. The van der Waals surface area contributed by atoms with Crippen molar-refractivity contribution in [3.05, 3.63) is 23.8 Å². The number of nitriles is 1. The molecule has 0 aromatic heterocycles. The lowest BCUT2D eigenvalue weighted by Gasteiger charge is -2.23. The highest BCUT2D eigenvalue weighted by Crippen LogP contribution is 2.39. The molecule has 2 rings (SSSR count). The monoisotopic (exact) mass is 359 g/mol. The molecular formula is C19H25N3O4. The zero-order chi connectivity index (χ0) is 19.3. The third-order valence-corrected chi connectivity index (χ3v) is 4.23. The average molecular weight is 359 g/mol. The van der Waals surface area contributed by atoms with Crippen molar-refractivity contribution < 1.29 is 19.1 Å². The Kier molecular flexibility index (Phi) is 6.09. The van der Waals surface area contributed by atoms with Gasteiger partial charge in [0, 0.05) is 0 Å². The maximum atomic E-state index is 12.3. The smallest absolute Gasteiger partial charge is 0.337 e. The van der Waals surface area contributed by atoms with Gasteiger partial charge in [0.15, 0.2) is 0 Å². The maximum absolute atomic E-state index is 12.3. The number of esters is 1. The van der Waals surface area contributed by atoms with Crippen molar-refractivity contribution in [3.8, 4) is 11.8 Å². The van der Waals surface area contributed by atoms with Crippen LogP contribution in [0.1, 0.15) is 44.0 Å². The number of amides is 1. The first kappa shape index (κ1) is 19.6.